The molecule has 6 heteroatoms. The maximum absolute atomic E-state index is 5.98. The highest BCUT2D eigenvalue weighted by molar-refractivity contribution is 5.58. The molecule has 0 spiro atoms. The molecule has 0 bridgehead atoms. The fourth-order valence-corrected chi connectivity index (χ4v) is 1.93. The van der Waals surface area contributed by atoms with Crippen molar-refractivity contribution in [2.45, 2.75) is 19.8 Å². The Bertz CT molecular complexity index is 377. The van der Waals surface area contributed by atoms with E-state index in [0.717, 1.165) is 24.5 Å². The van der Waals surface area contributed by atoms with Crippen LogP contribution in [0.5, 0.6) is 0 Å². The third-order valence-electron chi connectivity index (χ3n) is 2.90. The molecule has 0 aliphatic carbocycles. The van der Waals surface area contributed by atoms with Crippen LogP contribution in [0, 0.1) is 0 Å². The lowest BCUT2D eigenvalue weighted by Gasteiger charge is -2.26. The van der Waals surface area contributed by atoms with Gasteiger partial charge in [0.1, 0.15) is 18.0 Å². The molecule has 0 aliphatic rings. The van der Waals surface area contributed by atoms with E-state index in [1.165, 1.54) is 6.33 Å². The van der Waals surface area contributed by atoms with Crippen LogP contribution in [-0.2, 0) is 9.47 Å². The average molecular weight is 268 g/mol. The Kier molecular flexibility index (Phi) is 6.52. The molecule has 0 aromatic carbocycles. The van der Waals surface area contributed by atoms with Gasteiger partial charge in [0, 0.05) is 32.9 Å². The summed E-state index contributed by atoms with van der Waals surface area (Å²) in [6, 6.07) is 0. The first-order chi connectivity index (χ1) is 9.11. The van der Waals surface area contributed by atoms with Crippen molar-refractivity contribution in [1.82, 2.24) is 9.97 Å². The normalized spacial score (nSPS) is 11.0. The molecule has 1 rings (SSSR count). The zero-order chi connectivity index (χ0) is 14.3. The van der Waals surface area contributed by atoms with Crippen LogP contribution in [0.2, 0.25) is 0 Å². The number of methoxy groups -OCH3 is 2. The Morgan fingerprint density at radius 3 is 2.21 bits per heavy atom. The standard InChI is InChI=1S/C13H24N4O2/c1-10(2)11-12(14)15-9-16-13(11)17(5-7-18-3)6-8-19-4/h9-10H,5-8H2,1-4H3,(H2,14,15,16). The SMILES string of the molecule is COCCN(CCOC)c1ncnc(N)c1C(C)C. The number of hydrogen-bond donors (Lipinski definition) is 1. The van der Waals surface area contributed by atoms with Gasteiger partial charge >= 0.3 is 0 Å². The van der Waals surface area contributed by atoms with Crippen LogP contribution in [-0.4, -0.2) is 50.5 Å². The number of aromatic nitrogens is 2. The van der Waals surface area contributed by atoms with E-state index >= 15 is 0 Å². The van der Waals surface area contributed by atoms with Gasteiger partial charge in [0.25, 0.3) is 0 Å². The number of hydrogen-bond acceptors (Lipinski definition) is 6. The van der Waals surface area contributed by atoms with Crippen molar-refractivity contribution in [3.05, 3.63) is 11.9 Å². The molecule has 0 radical (unpaired) electrons. The smallest absolute Gasteiger partial charge is 0.137 e. The van der Waals surface area contributed by atoms with E-state index in [1.54, 1.807) is 14.2 Å². The molecule has 0 atom stereocenters. The van der Waals surface area contributed by atoms with Gasteiger partial charge in [-0.25, -0.2) is 9.97 Å². The second-order valence-electron chi connectivity index (χ2n) is 4.62. The van der Waals surface area contributed by atoms with E-state index in [-0.39, 0.29) is 5.92 Å². The molecule has 1 heterocycles. The largest absolute Gasteiger partial charge is 0.383 e. The number of rotatable bonds is 8. The van der Waals surface area contributed by atoms with E-state index in [9.17, 15) is 0 Å². The quantitative estimate of drug-likeness (QED) is 0.765. The van der Waals surface area contributed by atoms with Crippen LogP contribution in [0.3, 0.4) is 0 Å². The molecule has 19 heavy (non-hydrogen) atoms. The summed E-state index contributed by atoms with van der Waals surface area (Å²) >= 11 is 0. The summed E-state index contributed by atoms with van der Waals surface area (Å²) in [7, 11) is 3.37. The minimum atomic E-state index is 0.267. The van der Waals surface area contributed by atoms with Gasteiger partial charge in [-0.3, -0.25) is 0 Å². The molecule has 0 amide bonds. The van der Waals surface area contributed by atoms with Crippen molar-refractivity contribution < 1.29 is 9.47 Å². The topological polar surface area (TPSA) is 73.5 Å². The van der Waals surface area contributed by atoms with Gasteiger partial charge in [0.2, 0.25) is 0 Å². The summed E-state index contributed by atoms with van der Waals surface area (Å²) in [5.74, 6) is 1.68. The first kappa shape index (κ1) is 15.7. The maximum Gasteiger partial charge on any atom is 0.137 e. The molecule has 1 aromatic heterocycles. The number of nitrogens with two attached hydrogens (primary N) is 1. The molecule has 2 N–H and O–H groups in total. The third-order valence-corrected chi connectivity index (χ3v) is 2.90. The van der Waals surface area contributed by atoms with Gasteiger partial charge < -0.3 is 20.1 Å². The highest BCUT2D eigenvalue weighted by Gasteiger charge is 2.18. The summed E-state index contributed by atoms with van der Waals surface area (Å²) < 4.78 is 10.3. The summed E-state index contributed by atoms with van der Waals surface area (Å²) in [6.07, 6.45) is 1.50. The molecule has 6 nitrogen and oxygen atoms in total. The highest BCUT2D eigenvalue weighted by atomic mass is 16.5. The Morgan fingerprint density at radius 1 is 1.16 bits per heavy atom. The van der Waals surface area contributed by atoms with Gasteiger partial charge in [-0.2, -0.15) is 0 Å². The fourth-order valence-electron chi connectivity index (χ4n) is 1.93. The van der Waals surface area contributed by atoms with Crippen molar-refractivity contribution >= 4 is 11.6 Å². The second kappa shape index (κ2) is 7.91. The van der Waals surface area contributed by atoms with Crippen molar-refractivity contribution in [3.8, 4) is 0 Å². The van der Waals surface area contributed by atoms with Crippen LogP contribution in [0.15, 0.2) is 6.33 Å². The fraction of sp³-hybridized carbons (Fsp3) is 0.692. The number of nitrogen functional groups attached to an aromatic ring is 1. The minimum absolute atomic E-state index is 0.267. The average Bonchev–Trinajstić information content (AvgIpc) is 2.38. The van der Waals surface area contributed by atoms with E-state index in [4.69, 9.17) is 15.2 Å². The molecular formula is C13H24N4O2. The van der Waals surface area contributed by atoms with Gasteiger partial charge in [0.05, 0.1) is 13.2 Å². The molecule has 108 valence electrons. The van der Waals surface area contributed by atoms with Crippen molar-refractivity contribution in [2.75, 3.05) is 51.2 Å². The first-order valence-corrected chi connectivity index (χ1v) is 6.45. The highest BCUT2D eigenvalue weighted by Crippen LogP contribution is 2.28. The monoisotopic (exact) mass is 268 g/mol. The van der Waals surface area contributed by atoms with Crippen LogP contribution >= 0.6 is 0 Å². The number of anilines is 2. The van der Waals surface area contributed by atoms with Crippen LogP contribution in [0.25, 0.3) is 0 Å². The second-order valence-corrected chi connectivity index (χ2v) is 4.62. The lowest BCUT2D eigenvalue weighted by molar-refractivity contribution is 0.190. The maximum atomic E-state index is 5.98. The molecule has 0 saturated heterocycles. The van der Waals surface area contributed by atoms with Crippen molar-refractivity contribution in [1.29, 1.82) is 0 Å². The molecular weight excluding hydrogens is 244 g/mol. The lowest BCUT2D eigenvalue weighted by Crippen LogP contribution is -2.32. The van der Waals surface area contributed by atoms with Gasteiger partial charge in [0.15, 0.2) is 0 Å². The predicted octanol–water partition coefficient (Wildman–Crippen LogP) is 1.28. The van der Waals surface area contributed by atoms with Crippen LogP contribution in [0.1, 0.15) is 25.3 Å². The summed E-state index contributed by atoms with van der Waals surface area (Å²) in [5, 5.41) is 0. The van der Waals surface area contributed by atoms with Crippen LogP contribution < -0.4 is 10.6 Å². The minimum Gasteiger partial charge on any atom is -0.383 e. The van der Waals surface area contributed by atoms with Crippen molar-refractivity contribution in [3.63, 3.8) is 0 Å². The molecule has 0 unspecified atom stereocenters. The van der Waals surface area contributed by atoms with Gasteiger partial charge in [-0.15, -0.1) is 0 Å². The molecule has 0 aliphatic heterocycles. The van der Waals surface area contributed by atoms with Crippen molar-refractivity contribution in [2.24, 2.45) is 0 Å². The zero-order valence-corrected chi connectivity index (χ0v) is 12.2. The first-order valence-electron chi connectivity index (χ1n) is 6.45. The third kappa shape index (κ3) is 4.33. The van der Waals surface area contributed by atoms with E-state index in [0.29, 0.717) is 19.0 Å². The Balaban J connectivity index is 3.02. The van der Waals surface area contributed by atoms with Gasteiger partial charge in [-0.1, -0.05) is 13.8 Å². The Morgan fingerprint density at radius 2 is 1.74 bits per heavy atom. The van der Waals surface area contributed by atoms with Gasteiger partial charge in [-0.05, 0) is 5.92 Å². The van der Waals surface area contributed by atoms with E-state index < -0.39 is 0 Å². The van der Waals surface area contributed by atoms with E-state index in [2.05, 4.69) is 28.7 Å². The predicted molar refractivity (Wildman–Crippen MR) is 76.5 cm³/mol. The molecule has 0 fully saturated rings. The summed E-state index contributed by atoms with van der Waals surface area (Å²) in [6.45, 7) is 6.93. The molecule has 0 saturated carbocycles. The summed E-state index contributed by atoms with van der Waals surface area (Å²) in [5.41, 5.74) is 6.96. The summed E-state index contributed by atoms with van der Waals surface area (Å²) in [4.78, 5) is 10.6. The van der Waals surface area contributed by atoms with E-state index in [1.807, 2.05) is 0 Å². The lowest BCUT2D eigenvalue weighted by atomic mass is 10.0. The zero-order valence-electron chi connectivity index (χ0n) is 12.2. The van der Waals surface area contributed by atoms with Crippen LogP contribution in [0.4, 0.5) is 11.6 Å². The Hall–Kier alpha value is -1.40. The molecule has 1 aromatic rings. The number of ether oxygens (including phenoxy) is 2. The Labute approximate surface area is 114 Å². The number of nitrogens with zero attached hydrogens (tertiary/aromatic N) is 3.